The molecular weight excluding hydrogens is 302 g/mol. The Bertz CT molecular complexity index is 309. The minimum Gasteiger partial charge on any atom is -0.306 e. The first-order chi connectivity index (χ1) is 11.2. The van der Waals surface area contributed by atoms with Gasteiger partial charge in [-0.15, -0.1) is 0 Å². The Morgan fingerprint density at radius 3 is 0.680 bits per heavy atom. The number of nitrogens with zero attached hydrogens (tertiary/aromatic N) is 1. The van der Waals surface area contributed by atoms with E-state index in [9.17, 15) is 0 Å². The van der Waals surface area contributed by atoms with E-state index in [1.54, 1.807) is 0 Å². The van der Waals surface area contributed by atoms with Gasteiger partial charge in [-0.1, -0.05) is 53.4 Å². The lowest BCUT2D eigenvalue weighted by Gasteiger charge is -2.73. The quantitative estimate of drug-likeness (QED) is 0.310. The molecule has 0 saturated carbocycles. The molecule has 0 heterocycles. The Balaban J connectivity index is 6.97. The van der Waals surface area contributed by atoms with E-state index in [4.69, 9.17) is 0 Å². The Hall–Kier alpha value is -0.0400. The zero-order chi connectivity index (χ0) is 20.2. The highest BCUT2D eigenvalue weighted by Gasteiger charge is 2.66. The van der Waals surface area contributed by atoms with Crippen LogP contribution in [0.1, 0.15) is 134 Å². The van der Waals surface area contributed by atoms with Gasteiger partial charge in [0.15, 0.2) is 0 Å². The van der Waals surface area contributed by atoms with Crippen LogP contribution in [0.25, 0.3) is 0 Å². The van der Waals surface area contributed by atoms with Gasteiger partial charge in [0.1, 0.15) is 0 Å². The molecule has 0 bridgehead atoms. The smallest absolute Gasteiger partial charge is 0.0947 e. The molecule has 0 radical (unpaired) electrons. The van der Waals surface area contributed by atoms with E-state index in [0.717, 1.165) is 0 Å². The Labute approximate surface area is 161 Å². The van der Waals surface area contributed by atoms with Gasteiger partial charge in [0.2, 0.25) is 0 Å². The van der Waals surface area contributed by atoms with Crippen LogP contribution in [0.3, 0.4) is 0 Å². The molecule has 0 rings (SSSR count). The van der Waals surface area contributed by atoms with Crippen molar-refractivity contribution >= 4 is 0 Å². The molecule has 0 amide bonds. The largest absolute Gasteiger partial charge is 0.306 e. The first kappa shape index (κ1) is 25.0. The zero-order valence-electron chi connectivity index (χ0n) is 20.1. The molecule has 0 aliphatic carbocycles. The molecule has 0 N–H and O–H groups in total. The van der Waals surface area contributed by atoms with Gasteiger partial charge in [-0.05, 0) is 55.4 Å². The predicted octanol–water partition coefficient (Wildman–Crippen LogP) is 8.12. The second-order valence-corrected chi connectivity index (χ2v) is 10.9. The molecule has 0 aromatic carbocycles. The molecule has 0 aliphatic heterocycles. The molecule has 1 nitrogen and oxygen atoms in total. The van der Waals surface area contributed by atoms with Crippen molar-refractivity contribution in [3.05, 3.63) is 0 Å². The summed E-state index contributed by atoms with van der Waals surface area (Å²) < 4.78 is 1.23. The van der Waals surface area contributed by atoms with Crippen LogP contribution in [-0.2, 0) is 0 Å². The van der Waals surface area contributed by atoms with Crippen LogP contribution >= 0.6 is 0 Å². The average molecular weight is 355 g/mol. The van der Waals surface area contributed by atoms with E-state index >= 15 is 0 Å². The topological polar surface area (TPSA) is 0 Å². The molecular formula is C24H52N+. The van der Waals surface area contributed by atoms with Gasteiger partial charge >= 0.3 is 0 Å². The monoisotopic (exact) mass is 354 g/mol. The van der Waals surface area contributed by atoms with E-state index < -0.39 is 0 Å². The fraction of sp³-hybridized carbons (Fsp3) is 1.00. The maximum atomic E-state index is 2.57. The maximum absolute atomic E-state index is 2.57. The minimum atomic E-state index is 0.255. The van der Waals surface area contributed by atoms with Gasteiger partial charge < -0.3 is 4.48 Å². The second-order valence-electron chi connectivity index (χ2n) is 10.9. The maximum Gasteiger partial charge on any atom is 0.0947 e. The summed E-state index contributed by atoms with van der Waals surface area (Å²) >= 11 is 0. The molecule has 0 saturated heterocycles. The van der Waals surface area contributed by atoms with Crippen molar-refractivity contribution < 1.29 is 4.48 Å². The molecule has 0 aromatic rings. The number of hydrogen-bond donors (Lipinski definition) is 0. The normalized spacial score (nSPS) is 14.9. The molecule has 0 spiro atoms. The average Bonchev–Trinajstić information content (AvgIpc) is 2.36. The van der Waals surface area contributed by atoms with E-state index in [2.05, 4.69) is 83.1 Å². The fourth-order valence-corrected chi connectivity index (χ4v) is 8.03. The molecule has 0 aromatic heterocycles. The molecule has 0 aliphatic rings. The third-order valence-corrected chi connectivity index (χ3v) is 7.08. The summed E-state index contributed by atoms with van der Waals surface area (Å²) in [7, 11) is 0. The molecule has 25 heavy (non-hydrogen) atoms. The van der Waals surface area contributed by atoms with Crippen molar-refractivity contribution in [2.24, 2.45) is 0 Å². The van der Waals surface area contributed by atoms with Crippen molar-refractivity contribution in [1.82, 2.24) is 0 Å². The minimum absolute atomic E-state index is 0.255. The molecule has 1 heteroatoms. The molecule has 0 fully saturated rings. The number of quaternary nitrogens is 1. The van der Waals surface area contributed by atoms with E-state index in [-0.39, 0.29) is 22.2 Å². The van der Waals surface area contributed by atoms with Crippen LogP contribution in [-0.4, -0.2) is 26.6 Å². The summed E-state index contributed by atoms with van der Waals surface area (Å²) in [5.74, 6) is 0. The molecule has 152 valence electrons. The third kappa shape index (κ3) is 4.28. The van der Waals surface area contributed by atoms with Crippen LogP contribution in [0.15, 0.2) is 0 Å². The van der Waals surface area contributed by atoms with E-state index in [1.807, 2.05) is 0 Å². The SMILES string of the molecule is CCCC(C)(C)[N+](C(C)(C)CCC)(C(C)(C)CCC)C(C)(C)CCC. The first-order valence-corrected chi connectivity index (χ1v) is 11.1. The van der Waals surface area contributed by atoms with Gasteiger partial charge in [0, 0.05) is 25.7 Å². The van der Waals surface area contributed by atoms with Gasteiger partial charge in [-0.25, -0.2) is 0 Å². The lowest BCUT2D eigenvalue weighted by molar-refractivity contribution is -1.09. The summed E-state index contributed by atoms with van der Waals surface area (Å²) in [4.78, 5) is 0. The van der Waals surface area contributed by atoms with E-state index in [1.165, 1.54) is 55.8 Å². The summed E-state index contributed by atoms with van der Waals surface area (Å²) in [6.45, 7) is 30.0. The second kappa shape index (κ2) is 8.77. The number of rotatable bonds is 12. The highest BCUT2D eigenvalue weighted by atomic mass is 15.5. The first-order valence-electron chi connectivity index (χ1n) is 11.1. The Morgan fingerprint density at radius 2 is 0.560 bits per heavy atom. The van der Waals surface area contributed by atoms with Crippen LogP contribution in [0, 0.1) is 0 Å². The fourth-order valence-electron chi connectivity index (χ4n) is 8.03. The van der Waals surface area contributed by atoms with Crippen LogP contribution < -0.4 is 0 Å². The van der Waals surface area contributed by atoms with Gasteiger partial charge in [-0.2, -0.15) is 0 Å². The lowest BCUT2D eigenvalue weighted by Crippen LogP contribution is -2.85. The van der Waals surface area contributed by atoms with Crippen molar-refractivity contribution in [2.45, 2.75) is 157 Å². The summed E-state index contributed by atoms with van der Waals surface area (Å²) in [6, 6.07) is 0. The standard InChI is InChI=1S/C24H52N/c1-13-17-21(5,6)25(22(7,8)18-14-2,23(9,10)19-15-3)24(11,12)20-16-4/h13-20H2,1-12H3/q+1. The summed E-state index contributed by atoms with van der Waals surface area (Å²) in [5, 5.41) is 0. The predicted molar refractivity (Wildman–Crippen MR) is 116 cm³/mol. The molecule has 0 atom stereocenters. The third-order valence-electron chi connectivity index (χ3n) is 7.08. The highest BCUT2D eigenvalue weighted by molar-refractivity contribution is 4.94. The van der Waals surface area contributed by atoms with Crippen molar-refractivity contribution in [3.63, 3.8) is 0 Å². The van der Waals surface area contributed by atoms with E-state index in [0.29, 0.717) is 0 Å². The summed E-state index contributed by atoms with van der Waals surface area (Å²) in [6.07, 6.45) is 10.2. The lowest BCUT2D eigenvalue weighted by atomic mass is 9.68. The molecule has 0 unspecified atom stereocenters. The summed E-state index contributed by atoms with van der Waals surface area (Å²) in [5.41, 5.74) is 1.02. The van der Waals surface area contributed by atoms with Crippen molar-refractivity contribution in [3.8, 4) is 0 Å². The van der Waals surface area contributed by atoms with Gasteiger partial charge in [0.05, 0.1) is 22.2 Å². The van der Waals surface area contributed by atoms with Crippen molar-refractivity contribution in [1.29, 1.82) is 0 Å². The zero-order valence-corrected chi connectivity index (χ0v) is 20.1. The van der Waals surface area contributed by atoms with Crippen molar-refractivity contribution in [2.75, 3.05) is 0 Å². The van der Waals surface area contributed by atoms with Gasteiger partial charge in [-0.3, -0.25) is 0 Å². The number of hydrogen-bond acceptors (Lipinski definition) is 0. The van der Waals surface area contributed by atoms with Gasteiger partial charge in [0.25, 0.3) is 0 Å². The highest BCUT2D eigenvalue weighted by Crippen LogP contribution is 2.56. The van der Waals surface area contributed by atoms with Crippen LogP contribution in [0.4, 0.5) is 0 Å². The van der Waals surface area contributed by atoms with Crippen LogP contribution in [0.5, 0.6) is 0 Å². The Kier molecular flexibility index (Phi) is 8.75. The van der Waals surface area contributed by atoms with Crippen LogP contribution in [0.2, 0.25) is 0 Å². The Morgan fingerprint density at radius 1 is 0.400 bits per heavy atom.